The maximum atomic E-state index is 12.8. The van der Waals surface area contributed by atoms with Crippen molar-refractivity contribution in [2.75, 3.05) is 31.6 Å². The van der Waals surface area contributed by atoms with Gasteiger partial charge in [-0.05, 0) is 48.7 Å². The highest BCUT2D eigenvalue weighted by Crippen LogP contribution is 2.31. The zero-order valence-corrected chi connectivity index (χ0v) is 16.4. The van der Waals surface area contributed by atoms with Crippen molar-refractivity contribution in [3.8, 4) is 5.75 Å². The summed E-state index contributed by atoms with van der Waals surface area (Å²) in [7, 11) is -1.99. The molecule has 0 unspecified atom stereocenters. The summed E-state index contributed by atoms with van der Waals surface area (Å²) >= 11 is 0. The minimum absolute atomic E-state index is 0.0279. The molecule has 1 amide bonds. The molecule has 0 aliphatic carbocycles. The molecular weight excluding hydrogens is 364 g/mol. The van der Waals surface area contributed by atoms with Crippen molar-refractivity contribution in [1.29, 1.82) is 0 Å². The Labute approximate surface area is 160 Å². The van der Waals surface area contributed by atoms with Crippen molar-refractivity contribution in [2.24, 2.45) is 0 Å². The first-order valence-corrected chi connectivity index (χ1v) is 10.4. The van der Waals surface area contributed by atoms with E-state index in [9.17, 15) is 13.2 Å². The van der Waals surface area contributed by atoms with Gasteiger partial charge in [-0.3, -0.25) is 4.79 Å². The van der Waals surface area contributed by atoms with Crippen LogP contribution in [0.1, 0.15) is 18.9 Å². The normalized spacial score (nSPS) is 13.7. The number of carbonyl (C=O) groups is 1. The Kier molecular flexibility index (Phi) is 5.82. The SMILES string of the molecule is CC(=O)N1CCc2cc(S(=O)(=O)N(C)CCCOc3ccccc3)ccc21. The third-order valence-electron chi connectivity index (χ3n) is 4.66. The molecule has 0 fully saturated rings. The lowest BCUT2D eigenvalue weighted by atomic mass is 10.2. The van der Waals surface area contributed by atoms with Crippen LogP contribution in [0.3, 0.4) is 0 Å². The maximum absolute atomic E-state index is 12.8. The van der Waals surface area contributed by atoms with Crippen LogP contribution < -0.4 is 9.64 Å². The second kappa shape index (κ2) is 8.10. The fourth-order valence-electron chi connectivity index (χ4n) is 3.16. The summed E-state index contributed by atoms with van der Waals surface area (Å²) in [5, 5.41) is 0. The predicted molar refractivity (Wildman–Crippen MR) is 105 cm³/mol. The second-order valence-electron chi connectivity index (χ2n) is 6.55. The van der Waals surface area contributed by atoms with E-state index in [1.807, 2.05) is 30.3 Å². The molecule has 0 saturated carbocycles. The quantitative estimate of drug-likeness (QED) is 0.684. The Morgan fingerprint density at radius 3 is 2.63 bits per heavy atom. The van der Waals surface area contributed by atoms with Crippen molar-refractivity contribution in [2.45, 2.75) is 24.7 Å². The zero-order valence-electron chi connectivity index (χ0n) is 15.6. The van der Waals surface area contributed by atoms with Crippen LogP contribution >= 0.6 is 0 Å². The molecule has 0 atom stereocenters. The van der Waals surface area contributed by atoms with Crippen LogP contribution in [0.4, 0.5) is 5.69 Å². The Balaban J connectivity index is 1.61. The summed E-state index contributed by atoms with van der Waals surface area (Å²) < 4.78 is 32.6. The van der Waals surface area contributed by atoms with E-state index in [-0.39, 0.29) is 10.8 Å². The Morgan fingerprint density at radius 2 is 1.93 bits per heavy atom. The standard InChI is InChI=1S/C20H24N2O4S/c1-16(23)22-13-11-17-15-19(9-10-20(17)22)27(24,25)21(2)12-6-14-26-18-7-4-3-5-8-18/h3-5,7-10,15H,6,11-14H2,1-2H3. The predicted octanol–water partition coefficient (Wildman–Crippen LogP) is 2.69. The first-order chi connectivity index (χ1) is 12.9. The Morgan fingerprint density at radius 1 is 1.19 bits per heavy atom. The molecule has 1 aliphatic heterocycles. The van der Waals surface area contributed by atoms with Crippen LogP contribution in [0, 0.1) is 0 Å². The van der Waals surface area contributed by atoms with Gasteiger partial charge >= 0.3 is 0 Å². The molecule has 0 spiro atoms. The van der Waals surface area contributed by atoms with Crippen LogP contribution in [0.25, 0.3) is 0 Å². The van der Waals surface area contributed by atoms with Gasteiger partial charge in [-0.15, -0.1) is 0 Å². The number of nitrogens with zero attached hydrogens (tertiary/aromatic N) is 2. The van der Waals surface area contributed by atoms with Gasteiger partial charge in [0.15, 0.2) is 0 Å². The highest BCUT2D eigenvalue weighted by molar-refractivity contribution is 7.89. The summed E-state index contributed by atoms with van der Waals surface area (Å²) in [6.45, 7) is 2.93. The highest BCUT2D eigenvalue weighted by Gasteiger charge is 2.26. The number of hydrogen-bond donors (Lipinski definition) is 0. The number of anilines is 1. The minimum atomic E-state index is -3.57. The van der Waals surface area contributed by atoms with E-state index in [1.54, 1.807) is 30.1 Å². The van der Waals surface area contributed by atoms with Gasteiger partial charge in [-0.2, -0.15) is 0 Å². The van der Waals surface area contributed by atoms with E-state index in [4.69, 9.17) is 4.74 Å². The molecule has 0 N–H and O–H groups in total. The number of benzene rings is 2. The summed E-state index contributed by atoms with van der Waals surface area (Å²) in [5.41, 5.74) is 1.70. The third-order valence-corrected chi connectivity index (χ3v) is 6.52. The van der Waals surface area contributed by atoms with E-state index in [2.05, 4.69) is 0 Å². The molecule has 7 heteroatoms. The maximum Gasteiger partial charge on any atom is 0.242 e. The smallest absolute Gasteiger partial charge is 0.242 e. The number of rotatable bonds is 7. The number of amides is 1. The molecule has 0 aromatic heterocycles. The van der Waals surface area contributed by atoms with Gasteiger partial charge in [0.25, 0.3) is 0 Å². The summed E-state index contributed by atoms with van der Waals surface area (Å²) in [5.74, 6) is 0.747. The van der Waals surface area contributed by atoms with Crippen molar-refractivity contribution in [3.63, 3.8) is 0 Å². The minimum Gasteiger partial charge on any atom is -0.494 e. The van der Waals surface area contributed by atoms with E-state index in [0.717, 1.165) is 17.0 Å². The molecule has 144 valence electrons. The van der Waals surface area contributed by atoms with Crippen LogP contribution in [0.2, 0.25) is 0 Å². The Hall–Kier alpha value is -2.38. The average molecular weight is 388 g/mol. The Bertz CT molecular complexity index is 913. The van der Waals surface area contributed by atoms with E-state index in [1.165, 1.54) is 11.2 Å². The summed E-state index contributed by atoms with van der Waals surface area (Å²) in [4.78, 5) is 13.6. The van der Waals surface area contributed by atoms with E-state index < -0.39 is 10.0 Å². The third kappa shape index (κ3) is 4.31. The number of fused-ring (bicyclic) bond motifs is 1. The number of hydrogen-bond acceptors (Lipinski definition) is 4. The first-order valence-electron chi connectivity index (χ1n) is 8.95. The molecular formula is C20H24N2O4S. The van der Waals surface area contributed by atoms with Gasteiger partial charge in [0.1, 0.15) is 5.75 Å². The molecule has 0 saturated heterocycles. The molecule has 1 aliphatic rings. The number of para-hydroxylation sites is 1. The molecule has 0 radical (unpaired) electrons. The molecule has 0 bridgehead atoms. The van der Waals surface area contributed by atoms with Gasteiger partial charge in [-0.25, -0.2) is 12.7 Å². The molecule has 2 aromatic rings. The second-order valence-corrected chi connectivity index (χ2v) is 8.60. The van der Waals surface area contributed by atoms with Gasteiger partial charge in [0.2, 0.25) is 15.9 Å². The average Bonchev–Trinajstić information content (AvgIpc) is 3.09. The van der Waals surface area contributed by atoms with Gasteiger partial charge in [0.05, 0.1) is 11.5 Å². The van der Waals surface area contributed by atoms with Crippen molar-refractivity contribution in [3.05, 3.63) is 54.1 Å². The lowest BCUT2D eigenvalue weighted by Crippen LogP contribution is -2.29. The molecule has 3 rings (SSSR count). The zero-order chi connectivity index (χ0) is 19.4. The summed E-state index contributed by atoms with van der Waals surface area (Å²) in [6.07, 6.45) is 1.26. The van der Waals surface area contributed by atoms with Gasteiger partial charge < -0.3 is 9.64 Å². The highest BCUT2D eigenvalue weighted by atomic mass is 32.2. The van der Waals surface area contributed by atoms with Crippen molar-refractivity contribution < 1.29 is 17.9 Å². The van der Waals surface area contributed by atoms with Crippen molar-refractivity contribution in [1.82, 2.24) is 4.31 Å². The van der Waals surface area contributed by atoms with E-state index >= 15 is 0 Å². The summed E-state index contributed by atoms with van der Waals surface area (Å²) in [6, 6.07) is 14.4. The van der Waals surface area contributed by atoms with Gasteiger partial charge in [-0.1, -0.05) is 18.2 Å². The van der Waals surface area contributed by atoms with Crippen LogP contribution in [0.15, 0.2) is 53.4 Å². The lowest BCUT2D eigenvalue weighted by Gasteiger charge is -2.19. The number of carbonyl (C=O) groups excluding carboxylic acids is 1. The molecule has 27 heavy (non-hydrogen) atoms. The molecule has 2 aromatic carbocycles. The molecule has 1 heterocycles. The molecule has 6 nitrogen and oxygen atoms in total. The van der Waals surface area contributed by atoms with Gasteiger partial charge in [0, 0.05) is 32.7 Å². The largest absolute Gasteiger partial charge is 0.494 e. The van der Waals surface area contributed by atoms with Crippen LogP contribution in [-0.2, 0) is 21.2 Å². The van der Waals surface area contributed by atoms with Crippen molar-refractivity contribution >= 4 is 21.6 Å². The van der Waals surface area contributed by atoms with Crippen LogP contribution in [-0.4, -0.2) is 45.4 Å². The van der Waals surface area contributed by atoms with Crippen LogP contribution in [0.5, 0.6) is 5.75 Å². The fourth-order valence-corrected chi connectivity index (χ4v) is 4.42. The van der Waals surface area contributed by atoms with E-state index in [0.29, 0.717) is 32.5 Å². The lowest BCUT2D eigenvalue weighted by molar-refractivity contribution is -0.116. The first kappa shape index (κ1) is 19.4. The topological polar surface area (TPSA) is 66.9 Å². The fraction of sp³-hybridized carbons (Fsp3) is 0.350. The monoisotopic (exact) mass is 388 g/mol. The number of ether oxygens (including phenoxy) is 1. The number of sulfonamides is 1.